The van der Waals surface area contributed by atoms with Crippen molar-refractivity contribution >= 4 is 39.1 Å². The van der Waals surface area contributed by atoms with Gasteiger partial charge in [-0.3, -0.25) is 4.90 Å². The van der Waals surface area contributed by atoms with E-state index >= 15 is 8.78 Å². The first-order valence-corrected chi connectivity index (χ1v) is 16.5. The highest BCUT2D eigenvalue weighted by Crippen LogP contribution is 2.45. The van der Waals surface area contributed by atoms with E-state index in [0.29, 0.717) is 43.7 Å². The molecule has 1 aromatic heterocycles. The summed E-state index contributed by atoms with van der Waals surface area (Å²) in [6.45, 7) is 2.15. The molecule has 4 heterocycles. The molecule has 252 valence electrons. The van der Waals surface area contributed by atoms with Crippen molar-refractivity contribution in [2.75, 3.05) is 51.6 Å². The zero-order valence-electron chi connectivity index (χ0n) is 26.4. The number of anilines is 1. The molecule has 0 aliphatic carbocycles. The van der Waals surface area contributed by atoms with Crippen LogP contribution in [0.1, 0.15) is 38.5 Å². The molecule has 48 heavy (non-hydrogen) atoms. The Labute approximate surface area is 280 Å². The zero-order chi connectivity index (χ0) is 33.6. The van der Waals surface area contributed by atoms with Crippen LogP contribution in [-0.2, 0) is 4.74 Å². The lowest BCUT2D eigenvalue weighted by atomic mass is 9.95. The van der Waals surface area contributed by atoms with E-state index in [1.807, 2.05) is 4.90 Å². The molecule has 0 saturated carbocycles. The zero-order valence-corrected chi connectivity index (χ0v) is 27.1. The summed E-state index contributed by atoms with van der Waals surface area (Å²) >= 11 is 6.83. The molecule has 7 rings (SSSR count). The molecule has 0 spiro atoms. The van der Waals surface area contributed by atoms with Gasteiger partial charge in [0.2, 0.25) is 0 Å². The van der Waals surface area contributed by atoms with E-state index in [1.54, 1.807) is 0 Å². The molecule has 3 saturated heterocycles. The van der Waals surface area contributed by atoms with Gasteiger partial charge in [0, 0.05) is 61.0 Å². The fourth-order valence-electron chi connectivity index (χ4n) is 7.57. The van der Waals surface area contributed by atoms with Crippen LogP contribution in [-0.4, -0.2) is 73.3 Å². The van der Waals surface area contributed by atoms with Crippen molar-refractivity contribution in [3.63, 3.8) is 0 Å². The van der Waals surface area contributed by atoms with Crippen molar-refractivity contribution in [3.05, 3.63) is 52.8 Å². The molecule has 0 radical (unpaired) electrons. The minimum atomic E-state index is -1.16. The first-order valence-electron chi connectivity index (χ1n) is 16.1. The fraction of sp³-hybridized carbons (Fsp3) is 0.457. The molecule has 3 aliphatic heterocycles. The van der Waals surface area contributed by atoms with E-state index in [2.05, 4.69) is 16.0 Å². The largest absolute Gasteiger partial charge is 0.468 e. The van der Waals surface area contributed by atoms with Gasteiger partial charge in [-0.05, 0) is 68.3 Å². The van der Waals surface area contributed by atoms with Gasteiger partial charge in [-0.1, -0.05) is 17.7 Å². The third-order valence-corrected chi connectivity index (χ3v) is 10.2. The number of halogens is 5. The average Bonchev–Trinajstić information content (AvgIpc) is 3.48. The Balaban J connectivity index is 1.39. The molecule has 13 heteroatoms. The molecule has 3 atom stereocenters. The van der Waals surface area contributed by atoms with E-state index in [9.17, 15) is 14.0 Å². The molecule has 0 N–H and O–H groups in total. The Bertz CT molecular complexity index is 1930. The summed E-state index contributed by atoms with van der Waals surface area (Å²) in [6, 6.07) is 9.04. The minimum absolute atomic E-state index is 0.0327. The Morgan fingerprint density at radius 3 is 2.71 bits per heavy atom. The van der Waals surface area contributed by atoms with Crippen LogP contribution in [0.3, 0.4) is 0 Å². The molecule has 3 fully saturated rings. The van der Waals surface area contributed by atoms with Gasteiger partial charge in [0.1, 0.15) is 29.9 Å². The van der Waals surface area contributed by atoms with Crippen molar-refractivity contribution < 1.29 is 31.8 Å². The van der Waals surface area contributed by atoms with E-state index in [-0.39, 0.29) is 63.5 Å². The van der Waals surface area contributed by atoms with Crippen molar-refractivity contribution in [2.24, 2.45) is 5.92 Å². The number of ether oxygens (including phenoxy) is 3. The molecule has 8 nitrogen and oxygen atoms in total. The Morgan fingerprint density at radius 2 is 1.90 bits per heavy atom. The first kappa shape index (κ1) is 32.6. The quantitative estimate of drug-likeness (QED) is 0.139. The van der Waals surface area contributed by atoms with Crippen LogP contribution in [0.2, 0.25) is 5.02 Å². The lowest BCUT2D eigenvalue weighted by molar-refractivity contribution is 0.0512. The molecular weight excluding hydrogens is 650 g/mol. The van der Waals surface area contributed by atoms with Gasteiger partial charge in [-0.15, -0.1) is 0 Å². The molecule has 0 bridgehead atoms. The molecule has 4 aromatic rings. The van der Waals surface area contributed by atoms with Gasteiger partial charge in [-0.2, -0.15) is 15.2 Å². The third kappa shape index (κ3) is 5.86. The summed E-state index contributed by atoms with van der Waals surface area (Å²) in [7, 11) is 1.44. The maximum atomic E-state index is 17.1. The minimum Gasteiger partial charge on any atom is -0.468 e. The number of hydrogen-bond donors (Lipinski definition) is 0. The first-order chi connectivity index (χ1) is 23.2. The predicted octanol–water partition coefficient (Wildman–Crippen LogP) is 7.59. The maximum absolute atomic E-state index is 17.1. The number of nitriles is 1. The molecule has 0 amide bonds. The standard InChI is InChI=1S/C35H34ClF4N5O3/c1-46-19-48-23-12-21-5-6-27(38)30(39)28(21)24(13-23)29-26(36)14-25-32(31(29)40)42-34(43-33(25)44-9-2-4-20(16-41)7-11-44)47-18-35-8-3-10-45(35)17-22(37)15-35/h5-6,12-14,20,22H,2-4,7-11,15,17-19H2,1H3/t20?,22-,35+/m1/s1. The number of benzene rings is 3. The van der Waals surface area contributed by atoms with Crippen LogP contribution in [0.15, 0.2) is 30.3 Å². The summed E-state index contributed by atoms with van der Waals surface area (Å²) in [5.74, 6) is -2.65. The molecular formula is C35H34ClF4N5O3. The summed E-state index contributed by atoms with van der Waals surface area (Å²) in [5, 5.41) is 9.89. The number of methoxy groups -OCH3 is 1. The second kappa shape index (κ2) is 13.2. The van der Waals surface area contributed by atoms with Gasteiger partial charge in [0.15, 0.2) is 24.2 Å². The Kier molecular flexibility index (Phi) is 8.96. The third-order valence-electron chi connectivity index (χ3n) is 9.88. The fourth-order valence-corrected chi connectivity index (χ4v) is 7.87. The summed E-state index contributed by atoms with van der Waals surface area (Å²) < 4.78 is 78.4. The van der Waals surface area contributed by atoms with Crippen LogP contribution in [0.4, 0.5) is 23.4 Å². The lowest BCUT2D eigenvalue weighted by Gasteiger charge is -2.31. The van der Waals surface area contributed by atoms with Gasteiger partial charge in [-0.25, -0.2) is 17.6 Å². The van der Waals surface area contributed by atoms with Gasteiger partial charge in [0.25, 0.3) is 0 Å². The number of rotatable bonds is 8. The number of alkyl halides is 1. The highest BCUT2D eigenvalue weighted by molar-refractivity contribution is 6.35. The Morgan fingerprint density at radius 1 is 1.04 bits per heavy atom. The topological polar surface area (TPSA) is 83.7 Å². The van der Waals surface area contributed by atoms with Crippen molar-refractivity contribution in [2.45, 2.75) is 50.2 Å². The van der Waals surface area contributed by atoms with Crippen LogP contribution in [0, 0.1) is 34.7 Å². The number of aromatic nitrogens is 2. The number of hydrogen-bond acceptors (Lipinski definition) is 8. The highest BCUT2D eigenvalue weighted by Gasteiger charge is 2.49. The highest BCUT2D eigenvalue weighted by atomic mass is 35.5. The lowest BCUT2D eigenvalue weighted by Crippen LogP contribution is -2.43. The van der Waals surface area contributed by atoms with Crippen molar-refractivity contribution in [1.29, 1.82) is 5.26 Å². The molecule has 1 unspecified atom stereocenters. The number of nitrogens with zero attached hydrogens (tertiary/aromatic N) is 5. The average molecular weight is 684 g/mol. The van der Waals surface area contributed by atoms with E-state index < -0.39 is 29.2 Å². The monoisotopic (exact) mass is 683 g/mol. The number of fused-ring (bicyclic) bond motifs is 3. The van der Waals surface area contributed by atoms with Crippen LogP contribution in [0.5, 0.6) is 11.8 Å². The van der Waals surface area contributed by atoms with E-state index in [0.717, 1.165) is 38.3 Å². The van der Waals surface area contributed by atoms with Gasteiger partial charge >= 0.3 is 6.01 Å². The van der Waals surface area contributed by atoms with E-state index in [4.69, 9.17) is 30.8 Å². The van der Waals surface area contributed by atoms with Crippen LogP contribution < -0.4 is 14.4 Å². The second-order valence-electron chi connectivity index (χ2n) is 12.9. The van der Waals surface area contributed by atoms with Crippen molar-refractivity contribution in [3.8, 4) is 29.0 Å². The maximum Gasteiger partial charge on any atom is 0.319 e. The van der Waals surface area contributed by atoms with Gasteiger partial charge < -0.3 is 19.1 Å². The summed E-state index contributed by atoms with van der Waals surface area (Å²) in [6.07, 6.45) is 3.09. The second-order valence-corrected chi connectivity index (χ2v) is 13.3. The van der Waals surface area contributed by atoms with Crippen molar-refractivity contribution in [1.82, 2.24) is 14.9 Å². The molecule has 3 aliphatic rings. The van der Waals surface area contributed by atoms with Crippen LogP contribution >= 0.6 is 11.6 Å². The normalized spacial score (nSPS) is 23.0. The molecule has 3 aromatic carbocycles. The van der Waals surface area contributed by atoms with Crippen LogP contribution in [0.25, 0.3) is 32.8 Å². The van der Waals surface area contributed by atoms with Gasteiger partial charge in [0.05, 0.1) is 16.6 Å². The smallest absolute Gasteiger partial charge is 0.319 e. The predicted molar refractivity (Wildman–Crippen MR) is 174 cm³/mol. The SMILES string of the molecule is COCOc1cc(-c2c(Cl)cc3c(N4CCCC(C#N)CC4)nc(OC[C@@]45CCCN4C[C@H](F)C5)nc3c2F)c2c(F)c(F)ccc2c1. The Hall–Kier alpha value is -3.92. The summed E-state index contributed by atoms with van der Waals surface area (Å²) in [5.41, 5.74) is -0.851. The summed E-state index contributed by atoms with van der Waals surface area (Å²) in [4.78, 5) is 13.3. The van der Waals surface area contributed by atoms with E-state index in [1.165, 1.54) is 31.4 Å².